The monoisotopic (exact) mass is 272 g/mol. The van der Waals surface area contributed by atoms with E-state index >= 15 is 0 Å². The molecule has 0 bridgehead atoms. The molecule has 1 aromatic carbocycles. The Morgan fingerprint density at radius 1 is 1.45 bits per heavy atom. The van der Waals surface area contributed by atoms with Crippen molar-refractivity contribution in [2.45, 2.75) is 19.9 Å². The Hall–Kier alpha value is -2.30. The van der Waals surface area contributed by atoms with Crippen LogP contribution in [0.2, 0.25) is 0 Å². The molecule has 0 saturated heterocycles. The molecule has 0 aliphatic carbocycles. The van der Waals surface area contributed by atoms with Crippen molar-refractivity contribution >= 4 is 28.2 Å². The lowest BCUT2D eigenvalue weighted by Crippen LogP contribution is -2.38. The molecule has 1 atom stereocenters. The Kier molecular flexibility index (Phi) is 4.08. The van der Waals surface area contributed by atoms with Crippen molar-refractivity contribution in [3.8, 4) is 0 Å². The number of carbonyl (C=O) groups is 1. The number of fused-ring (bicyclic) bond motifs is 1. The van der Waals surface area contributed by atoms with Crippen molar-refractivity contribution < 1.29 is 4.79 Å². The van der Waals surface area contributed by atoms with E-state index < -0.39 is 0 Å². The summed E-state index contributed by atoms with van der Waals surface area (Å²) in [5.41, 5.74) is 8.15. The third-order valence-electron chi connectivity index (χ3n) is 3.36. The summed E-state index contributed by atoms with van der Waals surface area (Å²) in [4.78, 5) is 18.1. The molecule has 2 aromatic rings. The number of hydrogen-bond acceptors (Lipinski definition) is 4. The van der Waals surface area contributed by atoms with Gasteiger partial charge in [0.25, 0.3) is 0 Å². The number of amides is 1. The first kappa shape index (κ1) is 14.1. The number of aromatic nitrogens is 1. The van der Waals surface area contributed by atoms with Gasteiger partial charge in [-0.25, -0.2) is 0 Å². The summed E-state index contributed by atoms with van der Waals surface area (Å²) in [5, 5.41) is 4.21. The van der Waals surface area contributed by atoms with Gasteiger partial charge in [-0.2, -0.15) is 0 Å². The fraction of sp³-hybridized carbons (Fsp3) is 0.333. The van der Waals surface area contributed by atoms with E-state index in [4.69, 9.17) is 5.73 Å². The van der Waals surface area contributed by atoms with E-state index in [9.17, 15) is 4.79 Å². The molecule has 0 aliphatic heterocycles. The number of likely N-dealkylation sites (N-methyl/N-ethyl adjacent to an activating group) is 1. The van der Waals surface area contributed by atoms with Crippen LogP contribution in [0.5, 0.6) is 0 Å². The van der Waals surface area contributed by atoms with E-state index in [1.54, 1.807) is 18.1 Å². The van der Waals surface area contributed by atoms with Crippen molar-refractivity contribution in [2.24, 2.45) is 0 Å². The molecule has 1 heterocycles. The molecule has 106 valence electrons. The van der Waals surface area contributed by atoms with Crippen LogP contribution in [0.3, 0.4) is 0 Å². The van der Waals surface area contributed by atoms with Crippen molar-refractivity contribution in [2.75, 3.05) is 24.6 Å². The molecule has 0 saturated carbocycles. The van der Waals surface area contributed by atoms with Gasteiger partial charge in [-0.05, 0) is 38.1 Å². The fourth-order valence-corrected chi connectivity index (χ4v) is 2.07. The molecule has 5 nitrogen and oxygen atoms in total. The largest absolute Gasteiger partial charge is 0.399 e. The normalized spacial score (nSPS) is 12.2. The number of nitrogens with one attached hydrogen (secondary N) is 1. The number of pyridine rings is 1. The molecule has 0 fully saturated rings. The number of anilines is 2. The molecule has 0 aliphatic rings. The highest BCUT2D eigenvalue weighted by molar-refractivity contribution is 5.94. The summed E-state index contributed by atoms with van der Waals surface area (Å²) in [5.74, 6) is 0.0629. The van der Waals surface area contributed by atoms with Crippen LogP contribution in [0, 0.1) is 0 Å². The number of carbonyl (C=O) groups excluding carboxylic acids is 1. The van der Waals surface area contributed by atoms with Crippen LogP contribution in [0.1, 0.15) is 13.8 Å². The van der Waals surface area contributed by atoms with E-state index in [0.717, 1.165) is 16.6 Å². The topological polar surface area (TPSA) is 71.2 Å². The highest BCUT2D eigenvalue weighted by Gasteiger charge is 2.16. The Balaban J connectivity index is 2.28. The van der Waals surface area contributed by atoms with Crippen LogP contribution < -0.4 is 11.1 Å². The average Bonchev–Trinajstić information content (AvgIpc) is 2.45. The van der Waals surface area contributed by atoms with E-state index in [1.807, 2.05) is 38.1 Å². The number of nitrogens with two attached hydrogens (primary N) is 1. The van der Waals surface area contributed by atoms with Gasteiger partial charge in [0, 0.05) is 36.6 Å². The second-order valence-electron chi connectivity index (χ2n) is 4.85. The molecular formula is C15H20N4O. The molecule has 20 heavy (non-hydrogen) atoms. The molecular weight excluding hydrogens is 252 g/mol. The minimum Gasteiger partial charge on any atom is -0.399 e. The van der Waals surface area contributed by atoms with E-state index in [-0.39, 0.29) is 11.9 Å². The second kappa shape index (κ2) is 5.77. The molecule has 1 amide bonds. The second-order valence-corrected chi connectivity index (χ2v) is 4.85. The predicted molar refractivity (Wildman–Crippen MR) is 82.6 cm³/mol. The summed E-state index contributed by atoms with van der Waals surface area (Å²) in [6, 6.07) is 7.16. The zero-order chi connectivity index (χ0) is 14.7. The number of rotatable bonds is 4. The molecule has 2 rings (SSSR count). The van der Waals surface area contributed by atoms with Gasteiger partial charge < -0.3 is 16.0 Å². The summed E-state index contributed by atoms with van der Waals surface area (Å²) in [7, 11) is 1.80. The standard InChI is InChI=1S/C15H20N4O/c1-4-19(3)15(20)10(2)18-13-7-8-17-14-9-11(16)5-6-12(13)14/h5-10H,4,16H2,1-3H3,(H,17,18). The molecule has 1 aromatic heterocycles. The van der Waals surface area contributed by atoms with Gasteiger partial charge in [0.05, 0.1) is 5.52 Å². The molecule has 0 spiro atoms. The zero-order valence-electron chi connectivity index (χ0n) is 12.1. The van der Waals surface area contributed by atoms with Gasteiger partial charge in [-0.15, -0.1) is 0 Å². The van der Waals surface area contributed by atoms with Crippen molar-refractivity contribution in [1.29, 1.82) is 0 Å². The maximum atomic E-state index is 12.1. The molecule has 3 N–H and O–H groups in total. The van der Waals surface area contributed by atoms with Crippen molar-refractivity contribution in [3.05, 3.63) is 30.5 Å². The first-order chi connectivity index (χ1) is 9.52. The summed E-state index contributed by atoms with van der Waals surface area (Å²) >= 11 is 0. The van der Waals surface area contributed by atoms with Gasteiger partial charge in [-0.1, -0.05) is 0 Å². The molecule has 1 unspecified atom stereocenters. The van der Waals surface area contributed by atoms with Crippen LogP contribution in [-0.2, 0) is 4.79 Å². The highest BCUT2D eigenvalue weighted by Crippen LogP contribution is 2.24. The number of nitrogen functional groups attached to an aromatic ring is 1. The Bertz CT molecular complexity index is 626. The summed E-state index contributed by atoms with van der Waals surface area (Å²) in [6.07, 6.45) is 1.71. The van der Waals surface area contributed by atoms with Gasteiger partial charge >= 0.3 is 0 Å². The number of hydrogen-bond donors (Lipinski definition) is 2. The first-order valence-corrected chi connectivity index (χ1v) is 6.68. The van der Waals surface area contributed by atoms with Crippen LogP contribution in [0.4, 0.5) is 11.4 Å². The van der Waals surface area contributed by atoms with E-state index in [1.165, 1.54) is 0 Å². The van der Waals surface area contributed by atoms with Crippen LogP contribution in [-0.4, -0.2) is 35.4 Å². The van der Waals surface area contributed by atoms with Crippen LogP contribution in [0.15, 0.2) is 30.5 Å². The highest BCUT2D eigenvalue weighted by atomic mass is 16.2. The summed E-state index contributed by atoms with van der Waals surface area (Å²) < 4.78 is 0. The Morgan fingerprint density at radius 2 is 2.20 bits per heavy atom. The summed E-state index contributed by atoms with van der Waals surface area (Å²) in [6.45, 7) is 4.51. The minimum absolute atomic E-state index is 0.0629. The average molecular weight is 272 g/mol. The van der Waals surface area contributed by atoms with Gasteiger partial charge in [-0.3, -0.25) is 9.78 Å². The van der Waals surface area contributed by atoms with Crippen molar-refractivity contribution in [1.82, 2.24) is 9.88 Å². The third kappa shape index (κ3) is 2.82. The van der Waals surface area contributed by atoms with Gasteiger partial charge in [0.15, 0.2) is 0 Å². The predicted octanol–water partition coefficient (Wildman–Crippen LogP) is 2.10. The maximum Gasteiger partial charge on any atom is 0.244 e. The Labute approximate surface area is 118 Å². The first-order valence-electron chi connectivity index (χ1n) is 6.68. The van der Waals surface area contributed by atoms with Crippen LogP contribution >= 0.6 is 0 Å². The third-order valence-corrected chi connectivity index (χ3v) is 3.36. The minimum atomic E-state index is -0.289. The van der Waals surface area contributed by atoms with Gasteiger partial charge in [0.1, 0.15) is 6.04 Å². The lowest BCUT2D eigenvalue weighted by atomic mass is 10.1. The Morgan fingerprint density at radius 3 is 2.90 bits per heavy atom. The number of benzene rings is 1. The van der Waals surface area contributed by atoms with Gasteiger partial charge in [0.2, 0.25) is 5.91 Å². The molecule has 0 radical (unpaired) electrons. The zero-order valence-corrected chi connectivity index (χ0v) is 12.1. The SMILES string of the molecule is CCN(C)C(=O)C(C)Nc1ccnc2cc(N)ccc12. The molecule has 5 heteroatoms. The smallest absolute Gasteiger partial charge is 0.244 e. The number of nitrogens with zero attached hydrogens (tertiary/aromatic N) is 2. The quantitative estimate of drug-likeness (QED) is 0.836. The fourth-order valence-electron chi connectivity index (χ4n) is 2.07. The van der Waals surface area contributed by atoms with Crippen molar-refractivity contribution in [3.63, 3.8) is 0 Å². The van der Waals surface area contributed by atoms with Crippen LogP contribution in [0.25, 0.3) is 10.9 Å². The lowest BCUT2D eigenvalue weighted by Gasteiger charge is -2.22. The maximum absolute atomic E-state index is 12.1. The van der Waals surface area contributed by atoms with E-state index in [2.05, 4.69) is 10.3 Å². The lowest BCUT2D eigenvalue weighted by molar-refractivity contribution is -0.130. The van der Waals surface area contributed by atoms with E-state index in [0.29, 0.717) is 12.2 Å².